The van der Waals surface area contributed by atoms with Gasteiger partial charge in [0, 0.05) is 29.4 Å². The zero-order valence-electron chi connectivity index (χ0n) is 18.0. The van der Waals surface area contributed by atoms with Crippen LogP contribution in [-0.4, -0.2) is 34.6 Å². The van der Waals surface area contributed by atoms with Crippen molar-refractivity contribution < 1.29 is 27.5 Å². The van der Waals surface area contributed by atoms with E-state index in [1.54, 1.807) is 32.9 Å². The van der Waals surface area contributed by atoms with Gasteiger partial charge in [0.1, 0.15) is 5.82 Å². The number of carbonyl (C=O) groups excluding carboxylic acids is 2. The van der Waals surface area contributed by atoms with Crippen LogP contribution < -0.4 is 15.4 Å². The lowest BCUT2D eigenvalue weighted by Crippen LogP contribution is -2.27. The molecule has 2 heterocycles. The SMILES string of the molecule is Cc1cc(C(=O)NC(C)c2cnc(OCC(F)(F)F)c(C)c2)cc(NC(=O)CC2CC2)n1. The first-order valence-corrected chi connectivity index (χ1v) is 10.3. The molecule has 10 heteroatoms. The number of aromatic nitrogens is 2. The van der Waals surface area contributed by atoms with E-state index in [1.807, 2.05) is 0 Å². The van der Waals surface area contributed by atoms with E-state index in [4.69, 9.17) is 4.74 Å². The van der Waals surface area contributed by atoms with E-state index in [2.05, 4.69) is 20.6 Å². The molecule has 1 atom stereocenters. The minimum atomic E-state index is -4.45. The standard InChI is InChI=1S/C22H25F3N4O3/c1-12-6-17(10-26-21(12)32-11-22(23,24)25)14(3)28-20(31)16-7-13(2)27-18(9-16)29-19(30)8-15-4-5-15/h6-7,9-10,14-15H,4-5,8,11H2,1-3H3,(H,28,31)(H,27,29,30). The molecule has 7 nitrogen and oxygen atoms in total. The van der Waals surface area contributed by atoms with Crippen molar-refractivity contribution in [1.29, 1.82) is 0 Å². The van der Waals surface area contributed by atoms with Gasteiger partial charge in [-0.15, -0.1) is 0 Å². The Balaban J connectivity index is 1.64. The first-order chi connectivity index (χ1) is 15.0. The number of ether oxygens (including phenoxy) is 1. The number of hydrogen-bond acceptors (Lipinski definition) is 5. The molecule has 2 aromatic rings. The highest BCUT2D eigenvalue weighted by Crippen LogP contribution is 2.32. The van der Waals surface area contributed by atoms with Crippen LogP contribution in [0.25, 0.3) is 0 Å². The minimum absolute atomic E-state index is 0.110. The first-order valence-electron chi connectivity index (χ1n) is 10.3. The Kier molecular flexibility index (Phi) is 7.00. The maximum absolute atomic E-state index is 12.7. The van der Waals surface area contributed by atoms with Crippen LogP contribution in [0, 0.1) is 19.8 Å². The Morgan fingerprint density at radius 1 is 1.22 bits per heavy atom. The molecule has 0 spiro atoms. The quantitative estimate of drug-likeness (QED) is 0.627. The van der Waals surface area contributed by atoms with E-state index in [0.717, 1.165) is 12.8 Å². The lowest BCUT2D eigenvalue weighted by atomic mass is 10.1. The molecule has 2 aromatic heterocycles. The third kappa shape index (κ3) is 6.93. The summed E-state index contributed by atoms with van der Waals surface area (Å²) in [6.07, 6.45) is -0.519. The highest BCUT2D eigenvalue weighted by molar-refractivity contribution is 5.97. The summed E-state index contributed by atoms with van der Waals surface area (Å²) in [5, 5.41) is 5.56. The van der Waals surface area contributed by atoms with Gasteiger partial charge in [0.2, 0.25) is 11.8 Å². The zero-order valence-corrected chi connectivity index (χ0v) is 18.0. The van der Waals surface area contributed by atoms with Crippen molar-refractivity contribution in [2.75, 3.05) is 11.9 Å². The van der Waals surface area contributed by atoms with Crippen molar-refractivity contribution in [2.45, 2.75) is 52.3 Å². The molecule has 32 heavy (non-hydrogen) atoms. The molecule has 2 amide bonds. The van der Waals surface area contributed by atoms with Gasteiger partial charge in [-0.2, -0.15) is 13.2 Å². The number of pyridine rings is 2. The highest BCUT2D eigenvalue weighted by Gasteiger charge is 2.29. The topological polar surface area (TPSA) is 93.2 Å². The van der Waals surface area contributed by atoms with Gasteiger partial charge in [0.15, 0.2) is 6.61 Å². The van der Waals surface area contributed by atoms with Crippen molar-refractivity contribution in [3.05, 3.63) is 46.8 Å². The second-order valence-electron chi connectivity index (χ2n) is 8.07. The van der Waals surface area contributed by atoms with Gasteiger partial charge in [-0.3, -0.25) is 9.59 Å². The number of hydrogen-bond donors (Lipinski definition) is 2. The summed E-state index contributed by atoms with van der Waals surface area (Å²) >= 11 is 0. The lowest BCUT2D eigenvalue weighted by Gasteiger charge is -2.17. The summed E-state index contributed by atoms with van der Waals surface area (Å²) in [6, 6.07) is 4.27. The predicted molar refractivity (Wildman–Crippen MR) is 111 cm³/mol. The first kappa shape index (κ1) is 23.5. The summed E-state index contributed by atoms with van der Waals surface area (Å²) < 4.78 is 41.7. The fraction of sp³-hybridized carbons (Fsp3) is 0.455. The summed E-state index contributed by atoms with van der Waals surface area (Å²) in [5.74, 6) is 0.138. The Morgan fingerprint density at radius 3 is 2.56 bits per heavy atom. The number of amides is 2. The molecule has 1 fully saturated rings. The van der Waals surface area contributed by atoms with Gasteiger partial charge < -0.3 is 15.4 Å². The third-order valence-corrected chi connectivity index (χ3v) is 4.93. The van der Waals surface area contributed by atoms with E-state index in [0.29, 0.717) is 40.5 Å². The number of aryl methyl sites for hydroxylation is 2. The number of halogens is 3. The monoisotopic (exact) mass is 450 g/mol. The van der Waals surface area contributed by atoms with E-state index < -0.39 is 18.8 Å². The van der Waals surface area contributed by atoms with E-state index >= 15 is 0 Å². The van der Waals surface area contributed by atoms with Crippen molar-refractivity contribution in [3.8, 4) is 5.88 Å². The van der Waals surface area contributed by atoms with E-state index in [9.17, 15) is 22.8 Å². The lowest BCUT2D eigenvalue weighted by molar-refractivity contribution is -0.154. The van der Waals surface area contributed by atoms with E-state index in [1.165, 1.54) is 12.3 Å². The fourth-order valence-electron chi connectivity index (χ4n) is 3.13. The third-order valence-electron chi connectivity index (χ3n) is 4.93. The average molecular weight is 450 g/mol. The molecule has 172 valence electrons. The normalized spacial score (nSPS) is 14.6. The molecule has 0 aromatic carbocycles. The summed E-state index contributed by atoms with van der Waals surface area (Å²) in [4.78, 5) is 33.0. The van der Waals surface area contributed by atoms with Crippen molar-refractivity contribution in [1.82, 2.24) is 15.3 Å². The Morgan fingerprint density at radius 2 is 1.94 bits per heavy atom. The number of rotatable bonds is 8. The molecule has 3 rings (SSSR count). The predicted octanol–water partition coefficient (Wildman–Crippen LogP) is 4.26. The molecule has 0 saturated heterocycles. The smallest absolute Gasteiger partial charge is 0.422 e. The van der Waals surface area contributed by atoms with Crippen LogP contribution in [0.15, 0.2) is 24.4 Å². The molecule has 0 bridgehead atoms. The second-order valence-corrected chi connectivity index (χ2v) is 8.07. The Labute approximate surface area is 183 Å². The maximum Gasteiger partial charge on any atom is 0.422 e. The minimum Gasteiger partial charge on any atom is -0.468 e. The molecule has 1 aliphatic rings. The second kappa shape index (κ2) is 9.54. The highest BCUT2D eigenvalue weighted by atomic mass is 19.4. The Bertz CT molecular complexity index is 1010. The zero-order chi connectivity index (χ0) is 23.5. The molecule has 1 unspecified atom stereocenters. The number of alkyl halides is 3. The van der Waals surface area contributed by atoms with Crippen molar-refractivity contribution in [3.63, 3.8) is 0 Å². The van der Waals surface area contributed by atoms with Crippen LogP contribution in [0.2, 0.25) is 0 Å². The van der Waals surface area contributed by atoms with Crippen molar-refractivity contribution in [2.24, 2.45) is 5.92 Å². The van der Waals surface area contributed by atoms with Gasteiger partial charge in [0.25, 0.3) is 5.91 Å². The summed E-state index contributed by atoms with van der Waals surface area (Å²) in [7, 11) is 0. The fourth-order valence-corrected chi connectivity index (χ4v) is 3.13. The number of nitrogens with zero attached hydrogens (tertiary/aromatic N) is 2. The Hall–Kier alpha value is -3.17. The molecule has 0 aliphatic heterocycles. The van der Waals surface area contributed by atoms with Gasteiger partial charge in [-0.25, -0.2) is 9.97 Å². The van der Waals surface area contributed by atoms with E-state index in [-0.39, 0.29) is 17.7 Å². The number of nitrogens with one attached hydrogen (secondary N) is 2. The molecule has 1 saturated carbocycles. The van der Waals surface area contributed by atoms with Gasteiger partial charge in [-0.05, 0) is 63.3 Å². The van der Waals surface area contributed by atoms with Gasteiger partial charge in [-0.1, -0.05) is 0 Å². The van der Waals surface area contributed by atoms with Gasteiger partial charge in [0.05, 0.1) is 6.04 Å². The molecular weight excluding hydrogens is 425 g/mol. The molecular formula is C22H25F3N4O3. The molecule has 1 aliphatic carbocycles. The van der Waals surface area contributed by atoms with Crippen LogP contribution >= 0.6 is 0 Å². The van der Waals surface area contributed by atoms with Crippen LogP contribution in [0.4, 0.5) is 19.0 Å². The van der Waals surface area contributed by atoms with Crippen LogP contribution in [0.1, 0.15) is 59.4 Å². The largest absolute Gasteiger partial charge is 0.468 e. The van der Waals surface area contributed by atoms with Crippen molar-refractivity contribution >= 4 is 17.6 Å². The molecule has 2 N–H and O–H groups in total. The number of anilines is 1. The molecule has 0 radical (unpaired) electrons. The summed E-state index contributed by atoms with van der Waals surface area (Å²) in [6.45, 7) is 3.62. The average Bonchev–Trinajstić information content (AvgIpc) is 3.49. The van der Waals surface area contributed by atoms with Crippen LogP contribution in [-0.2, 0) is 4.79 Å². The van der Waals surface area contributed by atoms with Gasteiger partial charge >= 0.3 is 6.18 Å². The summed E-state index contributed by atoms with van der Waals surface area (Å²) in [5.41, 5.74) is 1.95. The van der Waals surface area contributed by atoms with Crippen LogP contribution in [0.3, 0.4) is 0 Å². The number of carbonyl (C=O) groups is 2. The maximum atomic E-state index is 12.7. The van der Waals surface area contributed by atoms with Crippen LogP contribution in [0.5, 0.6) is 5.88 Å².